The van der Waals surface area contributed by atoms with Crippen molar-refractivity contribution in [2.75, 3.05) is 0 Å². The molecule has 21 aromatic rings. The molecule has 0 unspecified atom stereocenters. The van der Waals surface area contributed by atoms with Gasteiger partial charge in [0.05, 0.1) is 83.3 Å². The molecule has 0 aliphatic rings. The maximum Gasteiger partial charge on any atom is 0.104 e. The Labute approximate surface area is 561 Å². The summed E-state index contributed by atoms with van der Waals surface area (Å²) in [5.41, 5.74) is 22.4. The largest absolute Gasteiger partial charge is 0.309 e. The first kappa shape index (κ1) is 54.0. The minimum Gasteiger partial charge on any atom is -0.309 e. The minimum absolute atomic E-state index is 0.505. The summed E-state index contributed by atoms with van der Waals surface area (Å²) < 4.78 is 14.4. The Kier molecular flexibility index (Phi) is 11.4. The van der Waals surface area contributed by atoms with Crippen LogP contribution in [0.4, 0.5) is 0 Å². The molecule has 14 aromatic carbocycles. The van der Waals surface area contributed by atoms with Gasteiger partial charge < -0.3 is 27.4 Å². The molecule has 0 aliphatic heterocycles. The van der Waals surface area contributed by atoms with Gasteiger partial charge >= 0.3 is 0 Å². The van der Waals surface area contributed by atoms with Gasteiger partial charge in [-0.2, -0.15) is 5.26 Å². The lowest BCUT2D eigenvalue weighted by Gasteiger charge is -2.20. The number of rotatable bonds is 8. The molecule has 7 heterocycles. The Hall–Kier alpha value is -13.5. The number of fused-ring (bicyclic) bond motifs is 18. The van der Waals surface area contributed by atoms with Crippen LogP contribution in [0, 0.1) is 11.3 Å². The Morgan fingerprint density at radius 1 is 0.224 bits per heavy atom. The van der Waals surface area contributed by atoms with E-state index in [0.717, 1.165) is 144 Å². The van der Waals surface area contributed by atoms with E-state index in [1.165, 1.54) is 43.1 Å². The van der Waals surface area contributed by atoms with Gasteiger partial charge in [0.25, 0.3) is 0 Å². The number of hydrogen-bond donors (Lipinski definition) is 0. The lowest BCUT2D eigenvalue weighted by Crippen LogP contribution is -2.06. The second-order valence-corrected chi connectivity index (χ2v) is 25.7. The molecule has 0 amide bonds. The van der Waals surface area contributed by atoms with Crippen molar-refractivity contribution in [1.82, 2.24) is 32.4 Å². The number of aromatic nitrogens is 7. The van der Waals surface area contributed by atoms with Gasteiger partial charge in [0.15, 0.2) is 0 Å². The Balaban J connectivity index is 0.928. The van der Waals surface area contributed by atoms with Crippen molar-refractivity contribution in [3.63, 3.8) is 0 Å². The highest BCUT2D eigenvalue weighted by atomic mass is 15.1. The molecule has 21 rings (SSSR count). The minimum atomic E-state index is 0.505. The first-order valence-corrected chi connectivity index (χ1v) is 33.3. The lowest BCUT2D eigenvalue weighted by atomic mass is 9.96. The molecule has 7 aromatic heterocycles. The molecule has 454 valence electrons. The number of benzene rings is 14. The van der Waals surface area contributed by atoms with Crippen LogP contribution in [0.5, 0.6) is 0 Å². The average Bonchev–Trinajstić information content (AvgIpc) is 1.54. The maximum absolute atomic E-state index is 12.8. The molecule has 0 bridgehead atoms. The first-order chi connectivity index (χ1) is 48.6. The predicted octanol–water partition coefficient (Wildman–Crippen LogP) is 22.9. The molecule has 0 N–H and O–H groups in total. The second-order valence-electron chi connectivity index (χ2n) is 25.7. The fourth-order valence-corrected chi connectivity index (χ4v) is 16.6. The van der Waals surface area contributed by atoms with Gasteiger partial charge in [0.2, 0.25) is 0 Å². The molecule has 0 spiro atoms. The summed E-state index contributed by atoms with van der Waals surface area (Å²) in [5, 5.41) is 26.5. The fraction of sp³-hybridized carbons (Fsp3) is 0. The molecule has 0 radical (unpaired) electrons. The zero-order valence-electron chi connectivity index (χ0n) is 52.8. The van der Waals surface area contributed by atoms with Gasteiger partial charge in [-0.25, -0.2) is 0 Å². The van der Waals surface area contributed by atoms with E-state index in [9.17, 15) is 5.26 Å². The lowest BCUT2D eigenvalue weighted by molar-refractivity contribution is 1.10. The normalized spacial score (nSPS) is 12.1. The van der Waals surface area contributed by atoms with Crippen molar-refractivity contribution in [3.8, 4) is 62.6 Å². The smallest absolute Gasteiger partial charge is 0.104 e. The maximum atomic E-state index is 12.8. The van der Waals surface area contributed by atoms with Crippen molar-refractivity contribution < 1.29 is 0 Å². The Morgan fingerprint density at radius 3 is 0.776 bits per heavy atom. The number of hydrogen-bond acceptors (Lipinski definition) is 2. The van der Waals surface area contributed by atoms with Crippen LogP contribution in [0.25, 0.3) is 187 Å². The topological polar surface area (TPSA) is 66.3 Å². The van der Waals surface area contributed by atoms with E-state index >= 15 is 0 Å². The summed E-state index contributed by atoms with van der Waals surface area (Å²) in [7, 11) is 0. The van der Waals surface area contributed by atoms with Crippen molar-refractivity contribution >= 4 is 131 Å². The van der Waals surface area contributed by atoms with E-state index in [-0.39, 0.29) is 0 Å². The quantitative estimate of drug-likeness (QED) is 0.152. The molecule has 0 saturated carbocycles. The molecule has 0 aliphatic carbocycles. The van der Waals surface area contributed by atoms with Crippen LogP contribution in [0.2, 0.25) is 0 Å². The molecule has 0 fully saturated rings. The highest BCUT2D eigenvalue weighted by Gasteiger charge is 2.27. The van der Waals surface area contributed by atoms with Crippen LogP contribution in [0.1, 0.15) is 5.56 Å². The number of nitriles is 1. The molecular weight excluding hydrogens is 1190 g/mol. The van der Waals surface area contributed by atoms with Crippen molar-refractivity contribution in [2.45, 2.75) is 0 Å². The molecular formula is C90H54N8. The molecule has 0 atom stereocenters. The van der Waals surface area contributed by atoms with E-state index in [4.69, 9.17) is 4.98 Å². The van der Waals surface area contributed by atoms with E-state index in [2.05, 4.69) is 349 Å². The second kappa shape index (κ2) is 20.8. The van der Waals surface area contributed by atoms with E-state index < -0.39 is 0 Å². The van der Waals surface area contributed by atoms with Crippen LogP contribution in [0.15, 0.2) is 328 Å². The van der Waals surface area contributed by atoms with Gasteiger partial charge in [-0.15, -0.1) is 0 Å². The number of nitrogens with zero attached hydrogens (tertiary/aromatic N) is 8. The van der Waals surface area contributed by atoms with E-state index in [0.29, 0.717) is 5.56 Å². The monoisotopic (exact) mass is 1250 g/mol. The van der Waals surface area contributed by atoms with Crippen LogP contribution in [-0.2, 0) is 0 Å². The predicted molar refractivity (Wildman–Crippen MR) is 406 cm³/mol. The van der Waals surface area contributed by atoms with Crippen LogP contribution in [-0.4, -0.2) is 32.4 Å². The third-order valence-electron chi connectivity index (χ3n) is 20.7. The number of para-hydroxylation sites is 8. The third-order valence-corrected chi connectivity index (χ3v) is 20.7. The molecule has 98 heavy (non-hydrogen) atoms. The molecule has 0 saturated heterocycles. The zero-order chi connectivity index (χ0) is 64.3. The van der Waals surface area contributed by atoms with Crippen molar-refractivity contribution in [2.24, 2.45) is 0 Å². The van der Waals surface area contributed by atoms with Gasteiger partial charge in [-0.3, -0.25) is 4.98 Å². The SMILES string of the molecule is N#Cc1c(-n2c3cc(-n4c5ccccc5c5ccccc54)ccc3c3ccc(-n4c5ccccc5c5ccccc54)cc32)cc(-c2cccnc2-c2ccccc2)cc1-n1c2cc(-n3c4ccccc4c4ccccc43)ccc2c2ccc(-n3c4ccccc4c4ccccc43)cc21. The zero-order valence-corrected chi connectivity index (χ0v) is 52.8. The summed E-state index contributed by atoms with van der Waals surface area (Å²) in [6, 6.07) is 119. The van der Waals surface area contributed by atoms with E-state index in [1.807, 2.05) is 12.3 Å². The van der Waals surface area contributed by atoms with Crippen LogP contribution < -0.4 is 0 Å². The summed E-state index contributed by atoms with van der Waals surface area (Å²) in [6.07, 6.45) is 1.88. The Bertz CT molecular complexity index is 6090. The van der Waals surface area contributed by atoms with Crippen LogP contribution >= 0.6 is 0 Å². The highest BCUT2D eigenvalue weighted by molar-refractivity contribution is 6.17. The summed E-state index contributed by atoms with van der Waals surface area (Å²) >= 11 is 0. The average molecular weight is 1250 g/mol. The standard InChI is InChI=1S/C90H54N8/c91-55-75-84(97-86-51-58(93-76-32-12-4-23-63(76)64-24-5-13-33-77(64)93)40-44-71(86)72-45-41-59(52-87(72)97)94-78-34-14-6-25-65(78)66-26-7-15-35-79(66)94)49-57(62-31-20-48-92-90(62)56-21-2-1-3-22-56)50-85(75)98-88-53-60(95-80-36-16-8-27-67(80)68-28-9-17-37-81(68)95)42-46-73(88)74-47-43-61(54-89(74)98)96-82-38-18-10-29-69(82)70-30-11-19-39-83(70)96/h1-54H. The van der Waals surface area contributed by atoms with Gasteiger partial charge in [0.1, 0.15) is 11.6 Å². The fourth-order valence-electron chi connectivity index (χ4n) is 16.6. The summed E-state index contributed by atoms with van der Waals surface area (Å²) in [4.78, 5) is 5.22. The molecule has 8 heteroatoms. The third kappa shape index (κ3) is 7.66. The van der Waals surface area contributed by atoms with Gasteiger partial charge in [-0.05, 0) is 121 Å². The van der Waals surface area contributed by atoms with Gasteiger partial charge in [0, 0.05) is 105 Å². The summed E-state index contributed by atoms with van der Waals surface area (Å²) in [6.45, 7) is 0. The first-order valence-electron chi connectivity index (χ1n) is 33.3. The highest BCUT2D eigenvalue weighted by Crippen LogP contribution is 2.46. The van der Waals surface area contributed by atoms with E-state index in [1.54, 1.807) is 0 Å². The number of pyridine rings is 1. The van der Waals surface area contributed by atoms with Crippen LogP contribution in [0.3, 0.4) is 0 Å². The van der Waals surface area contributed by atoms with Crippen molar-refractivity contribution in [1.29, 1.82) is 5.26 Å². The van der Waals surface area contributed by atoms with Crippen molar-refractivity contribution in [3.05, 3.63) is 333 Å². The Morgan fingerprint density at radius 2 is 0.490 bits per heavy atom. The van der Waals surface area contributed by atoms with Gasteiger partial charge in [-0.1, -0.05) is 206 Å². The summed E-state index contributed by atoms with van der Waals surface area (Å²) in [5.74, 6) is 0. The molecule has 8 nitrogen and oxygen atoms in total.